The molecule has 0 spiro atoms. The van der Waals surface area contributed by atoms with Crippen molar-refractivity contribution in [3.63, 3.8) is 0 Å². The predicted octanol–water partition coefficient (Wildman–Crippen LogP) is -0.141. The number of nitrogens with zero attached hydrogens (tertiary/aromatic N) is 4. The highest BCUT2D eigenvalue weighted by Gasteiger charge is 2.24. The molecule has 1 aliphatic rings. The number of hydrogen-bond donors (Lipinski definition) is 0. The number of carbonyl (C=O) groups excluding carboxylic acids is 2. The van der Waals surface area contributed by atoms with E-state index < -0.39 is 5.97 Å². The van der Waals surface area contributed by atoms with Gasteiger partial charge in [-0.2, -0.15) is 0 Å². The van der Waals surface area contributed by atoms with Crippen molar-refractivity contribution in [3.05, 3.63) is 11.4 Å². The van der Waals surface area contributed by atoms with Gasteiger partial charge in [0.05, 0.1) is 12.8 Å². The normalized spacial score (nSPS) is 14.2. The summed E-state index contributed by atoms with van der Waals surface area (Å²) < 4.78 is 6.11. The number of rotatable bonds is 4. The van der Waals surface area contributed by atoms with Crippen molar-refractivity contribution < 1.29 is 14.3 Å². The zero-order valence-corrected chi connectivity index (χ0v) is 10.5. The molecule has 7 nitrogen and oxygen atoms in total. The molecule has 1 fully saturated rings. The lowest BCUT2D eigenvalue weighted by molar-refractivity contribution is -0.135. The van der Waals surface area contributed by atoms with Crippen molar-refractivity contribution in [2.45, 2.75) is 26.3 Å². The Balaban J connectivity index is 2.15. The summed E-state index contributed by atoms with van der Waals surface area (Å²) in [6.45, 7) is 3.63. The second-order valence-corrected chi connectivity index (χ2v) is 4.12. The maximum atomic E-state index is 11.8. The smallest absolute Gasteiger partial charge is 0.360 e. The van der Waals surface area contributed by atoms with Gasteiger partial charge < -0.3 is 9.64 Å². The summed E-state index contributed by atoms with van der Waals surface area (Å²) in [6.07, 6.45) is 1.63. The quantitative estimate of drug-likeness (QED) is 0.697. The van der Waals surface area contributed by atoms with Crippen molar-refractivity contribution in [2.24, 2.45) is 0 Å². The fourth-order valence-corrected chi connectivity index (χ4v) is 1.86. The molecule has 1 aliphatic heterocycles. The van der Waals surface area contributed by atoms with E-state index in [4.69, 9.17) is 0 Å². The summed E-state index contributed by atoms with van der Waals surface area (Å²) in [5.41, 5.74) is 0.826. The van der Waals surface area contributed by atoms with E-state index >= 15 is 0 Å². The van der Waals surface area contributed by atoms with Crippen LogP contribution in [0.15, 0.2) is 0 Å². The monoisotopic (exact) mass is 252 g/mol. The van der Waals surface area contributed by atoms with Crippen molar-refractivity contribution in [1.29, 1.82) is 0 Å². The molecule has 98 valence electrons. The van der Waals surface area contributed by atoms with Crippen molar-refractivity contribution in [2.75, 3.05) is 20.2 Å². The van der Waals surface area contributed by atoms with E-state index in [2.05, 4.69) is 15.0 Å². The lowest BCUT2D eigenvalue weighted by atomic mass is 10.2. The average molecular weight is 252 g/mol. The molecule has 0 unspecified atom stereocenters. The van der Waals surface area contributed by atoms with E-state index in [1.807, 2.05) is 6.92 Å². The van der Waals surface area contributed by atoms with Gasteiger partial charge >= 0.3 is 5.97 Å². The van der Waals surface area contributed by atoms with Gasteiger partial charge in [0.1, 0.15) is 6.54 Å². The van der Waals surface area contributed by atoms with Crippen LogP contribution in [0, 0.1) is 0 Å². The van der Waals surface area contributed by atoms with Crippen LogP contribution in [0.4, 0.5) is 0 Å². The fourth-order valence-electron chi connectivity index (χ4n) is 1.86. The van der Waals surface area contributed by atoms with Crippen LogP contribution < -0.4 is 0 Å². The van der Waals surface area contributed by atoms with Gasteiger partial charge in [0.15, 0.2) is 5.69 Å². The van der Waals surface area contributed by atoms with Crippen LogP contribution in [0.3, 0.4) is 0 Å². The van der Waals surface area contributed by atoms with Crippen LogP contribution >= 0.6 is 0 Å². The Morgan fingerprint density at radius 1 is 1.39 bits per heavy atom. The number of amides is 1. The van der Waals surface area contributed by atoms with Crippen LogP contribution in [0.25, 0.3) is 0 Å². The van der Waals surface area contributed by atoms with E-state index in [-0.39, 0.29) is 18.1 Å². The van der Waals surface area contributed by atoms with Gasteiger partial charge in [0.2, 0.25) is 5.91 Å². The van der Waals surface area contributed by atoms with Gasteiger partial charge in [-0.1, -0.05) is 12.1 Å². The Kier molecular flexibility index (Phi) is 3.59. The minimum Gasteiger partial charge on any atom is -0.464 e. The number of ether oxygens (including phenoxy) is 1. The zero-order chi connectivity index (χ0) is 13.1. The molecule has 1 amide bonds. The molecule has 2 heterocycles. The van der Waals surface area contributed by atoms with E-state index in [0.29, 0.717) is 12.1 Å². The van der Waals surface area contributed by atoms with Gasteiger partial charge in [0.25, 0.3) is 0 Å². The Morgan fingerprint density at radius 3 is 2.61 bits per heavy atom. The molecule has 0 N–H and O–H groups in total. The number of carbonyl (C=O) groups is 2. The molecule has 0 atom stereocenters. The lowest BCUT2D eigenvalue weighted by Gasteiger charge is -2.30. The van der Waals surface area contributed by atoms with Crippen LogP contribution in [-0.2, 0) is 22.5 Å². The Hall–Kier alpha value is -1.92. The Bertz CT molecular complexity index is 465. The summed E-state index contributed by atoms with van der Waals surface area (Å²) >= 11 is 0. The summed E-state index contributed by atoms with van der Waals surface area (Å²) in [6, 6.07) is 0. The summed E-state index contributed by atoms with van der Waals surface area (Å²) in [5, 5.41) is 7.64. The topological polar surface area (TPSA) is 77.3 Å². The summed E-state index contributed by atoms with van der Waals surface area (Å²) in [4.78, 5) is 25.1. The minimum atomic E-state index is -0.519. The molecular formula is C11H16N4O3. The first-order chi connectivity index (χ1) is 8.67. The summed E-state index contributed by atoms with van der Waals surface area (Å²) in [7, 11) is 1.30. The van der Waals surface area contributed by atoms with Gasteiger partial charge in [-0.25, -0.2) is 9.48 Å². The van der Waals surface area contributed by atoms with Crippen LogP contribution in [0.5, 0.6) is 0 Å². The van der Waals surface area contributed by atoms with Gasteiger partial charge in [0, 0.05) is 13.1 Å². The average Bonchev–Trinajstić information content (AvgIpc) is 2.68. The molecule has 2 rings (SSSR count). The maximum absolute atomic E-state index is 11.8. The first-order valence-electron chi connectivity index (χ1n) is 5.95. The molecule has 7 heteroatoms. The first-order valence-corrected chi connectivity index (χ1v) is 5.95. The van der Waals surface area contributed by atoms with E-state index in [0.717, 1.165) is 19.5 Å². The van der Waals surface area contributed by atoms with E-state index in [1.165, 1.54) is 11.8 Å². The van der Waals surface area contributed by atoms with Crippen molar-refractivity contribution in [3.8, 4) is 0 Å². The molecule has 1 aromatic rings. The predicted molar refractivity (Wildman–Crippen MR) is 61.9 cm³/mol. The van der Waals surface area contributed by atoms with Crippen LogP contribution in [-0.4, -0.2) is 52.0 Å². The van der Waals surface area contributed by atoms with E-state index in [9.17, 15) is 9.59 Å². The largest absolute Gasteiger partial charge is 0.464 e. The minimum absolute atomic E-state index is 0.0114. The third kappa shape index (κ3) is 2.20. The molecule has 0 aromatic carbocycles. The lowest BCUT2D eigenvalue weighted by Crippen LogP contribution is -2.44. The Labute approximate surface area is 105 Å². The standard InChI is InChI=1S/C11H16N4O3/c1-3-8-10(11(17)18-2)12-13-15(8)7-9(16)14-5-4-6-14/h3-7H2,1-2H3. The molecule has 1 aromatic heterocycles. The SMILES string of the molecule is CCc1c(C(=O)OC)nnn1CC(=O)N1CCC1. The Morgan fingerprint density at radius 2 is 2.11 bits per heavy atom. The van der Waals surface area contributed by atoms with Crippen molar-refractivity contribution >= 4 is 11.9 Å². The number of hydrogen-bond acceptors (Lipinski definition) is 5. The highest BCUT2D eigenvalue weighted by atomic mass is 16.5. The number of likely N-dealkylation sites (tertiary alicyclic amines) is 1. The second kappa shape index (κ2) is 5.16. The molecule has 0 aliphatic carbocycles. The molecule has 0 saturated carbocycles. The van der Waals surface area contributed by atoms with Gasteiger partial charge in [-0.3, -0.25) is 4.79 Å². The molecule has 0 radical (unpaired) electrons. The van der Waals surface area contributed by atoms with Gasteiger partial charge in [-0.05, 0) is 12.8 Å². The molecular weight excluding hydrogens is 236 g/mol. The molecule has 18 heavy (non-hydrogen) atoms. The van der Waals surface area contributed by atoms with Crippen LogP contribution in [0.1, 0.15) is 29.5 Å². The third-order valence-corrected chi connectivity index (χ3v) is 3.05. The maximum Gasteiger partial charge on any atom is 0.360 e. The molecule has 1 saturated heterocycles. The first kappa shape index (κ1) is 12.5. The third-order valence-electron chi connectivity index (χ3n) is 3.05. The highest BCUT2D eigenvalue weighted by Crippen LogP contribution is 2.11. The van der Waals surface area contributed by atoms with Gasteiger partial charge in [-0.15, -0.1) is 5.10 Å². The molecule has 0 bridgehead atoms. The van der Waals surface area contributed by atoms with Crippen LogP contribution in [0.2, 0.25) is 0 Å². The fraction of sp³-hybridized carbons (Fsp3) is 0.636. The number of aromatic nitrogens is 3. The zero-order valence-electron chi connectivity index (χ0n) is 10.5. The van der Waals surface area contributed by atoms with Crippen molar-refractivity contribution in [1.82, 2.24) is 19.9 Å². The number of methoxy groups -OCH3 is 1. The second-order valence-electron chi connectivity index (χ2n) is 4.12. The summed E-state index contributed by atoms with van der Waals surface area (Å²) in [5.74, 6) is -0.508. The highest BCUT2D eigenvalue weighted by molar-refractivity contribution is 5.88. The van der Waals surface area contributed by atoms with E-state index in [1.54, 1.807) is 4.90 Å². The number of esters is 1.